The minimum Gasteiger partial charge on any atom is -0.507 e. The second-order valence-electron chi connectivity index (χ2n) is 8.19. The second-order valence-corrected chi connectivity index (χ2v) is 8.19. The van der Waals surface area contributed by atoms with Gasteiger partial charge >= 0.3 is 5.97 Å². The molecule has 34 heavy (non-hydrogen) atoms. The normalized spacial score (nSPS) is 10.9. The van der Waals surface area contributed by atoms with E-state index in [1.165, 1.54) is 0 Å². The number of carbonyl (C=O) groups excluding carboxylic acids is 2. The summed E-state index contributed by atoms with van der Waals surface area (Å²) in [4.78, 5) is 28.2. The van der Waals surface area contributed by atoms with E-state index in [9.17, 15) is 14.7 Å². The lowest BCUT2D eigenvalue weighted by Crippen LogP contribution is -2.18. The van der Waals surface area contributed by atoms with Gasteiger partial charge in [0.15, 0.2) is 0 Å². The largest absolute Gasteiger partial charge is 0.507 e. The summed E-state index contributed by atoms with van der Waals surface area (Å²) in [6, 6.07) is 15.2. The third-order valence-corrected chi connectivity index (χ3v) is 5.73. The predicted octanol–water partition coefficient (Wildman–Crippen LogP) is 4.97. The lowest BCUT2D eigenvalue weighted by Gasteiger charge is -2.14. The fraction of sp³-hybridized carbons (Fsp3) is 0.222. The van der Waals surface area contributed by atoms with E-state index in [4.69, 9.17) is 4.74 Å². The van der Waals surface area contributed by atoms with Gasteiger partial charge in [0.2, 0.25) is 5.91 Å². The highest BCUT2D eigenvalue weighted by atomic mass is 16.5. The molecule has 1 amide bonds. The number of nitrogens with zero attached hydrogens (tertiary/aromatic N) is 2. The van der Waals surface area contributed by atoms with Crippen LogP contribution in [-0.2, 0) is 20.9 Å². The number of anilines is 1. The fourth-order valence-corrected chi connectivity index (χ4v) is 4.15. The SMILES string of the molecule is CCOC(=O)CC(=O)Nc1ccc(C)c2c1cc(C)n2Cc1ccc(O)c(-c2cccnc2)c1. The van der Waals surface area contributed by atoms with Crippen LogP contribution >= 0.6 is 0 Å². The van der Waals surface area contributed by atoms with Gasteiger partial charge in [-0.1, -0.05) is 18.2 Å². The first-order chi connectivity index (χ1) is 16.4. The molecule has 0 aliphatic carbocycles. The number of benzene rings is 2. The van der Waals surface area contributed by atoms with Crippen LogP contribution in [0.1, 0.15) is 30.2 Å². The van der Waals surface area contributed by atoms with Crippen molar-refractivity contribution >= 4 is 28.5 Å². The molecular weight excluding hydrogens is 430 g/mol. The quantitative estimate of drug-likeness (QED) is 0.302. The van der Waals surface area contributed by atoms with E-state index in [2.05, 4.69) is 14.9 Å². The van der Waals surface area contributed by atoms with Crippen LogP contribution in [0, 0.1) is 13.8 Å². The highest BCUT2D eigenvalue weighted by Gasteiger charge is 2.16. The van der Waals surface area contributed by atoms with Crippen molar-refractivity contribution in [2.24, 2.45) is 0 Å². The minimum atomic E-state index is -0.547. The Balaban J connectivity index is 1.67. The first-order valence-electron chi connectivity index (χ1n) is 11.1. The van der Waals surface area contributed by atoms with Gasteiger partial charge in [-0.25, -0.2) is 0 Å². The maximum absolute atomic E-state index is 12.4. The number of hydrogen-bond donors (Lipinski definition) is 2. The zero-order valence-electron chi connectivity index (χ0n) is 19.5. The fourth-order valence-electron chi connectivity index (χ4n) is 4.15. The number of aromatic nitrogens is 2. The van der Waals surface area contributed by atoms with E-state index in [0.717, 1.165) is 38.9 Å². The number of fused-ring (bicyclic) bond motifs is 1. The van der Waals surface area contributed by atoms with Gasteiger partial charge in [-0.15, -0.1) is 0 Å². The van der Waals surface area contributed by atoms with E-state index >= 15 is 0 Å². The van der Waals surface area contributed by atoms with E-state index in [0.29, 0.717) is 12.2 Å². The summed E-state index contributed by atoms with van der Waals surface area (Å²) in [6.45, 7) is 6.58. The van der Waals surface area contributed by atoms with Crippen molar-refractivity contribution in [3.05, 3.63) is 77.7 Å². The molecule has 0 fully saturated rings. The van der Waals surface area contributed by atoms with E-state index in [-0.39, 0.29) is 18.8 Å². The Morgan fingerprint density at radius 2 is 1.94 bits per heavy atom. The summed E-state index contributed by atoms with van der Waals surface area (Å²) >= 11 is 0. The van der Waals surface area contributed by atoms with Crippen LogP contribution in [-0.4, -0.2) is 33.1 Å². The Morgan fingerprint density at radius 1 is 1.12 bits per heavy atom. The average Bonchev–Trinajstić information content (AvgIpc) is 3.14. The molecule has 0 saturated heterocycles. The Bertz CT molecular complexity index is 1360. The number of rotatable bonds is 7. The molecule has 0 spiro atoms. The van der Waals surface area contributed by atoms with Crippen molar-refractivity contribution in [1.29, 1.82) is 0 Å². The smallest absolute Gasteiger partial charge is 0.315 e. The van der Waals surface area contributed by atoms with Crippen molar-refractivity contribution in [2.75, 3.05) is 11.9 Å². The lowest BCUT2D eigenvalue weighted by molar-refractivity contribution is -0.145. The van der Waals surface area contributed by atoms with Crippen molar-refractivity contribution in [2.45, 2.75) is 33.7 Å². The number of aromatic hydroxyl groups is 1. The van der Waals surface area contributed by atoms with Gasteiger partial charge in [-0.3, -0.25) is 14.6 Å². The summed E-state index contributed by atoms with van der Waals surface area (Å²) < 4.78 is 7.06. The number of phenolic OH excluding ortho intramolecular Hbond substituents is 1. The molecule has 2 aromatic heterocycles. The van der Waals surface area contributed by atoms with Crippen molar-refractivity contribution in [3.8, 4) is 16.9 Å². The average molecular weight is 458 g/mol. The van der Waals surface area contributed by atoms with Crippen molar-refractivity contribution < 1.29 is 19.4 Å². The maximum Gasteiger partial charge on any atom is 0.315 e. The number of hydrogen-bond acceptors (Lipinski definition) is 5. The second kappa shape index (κ2) is 9.79. The van der Waals surface area contributed by atoms with Gasteiger partial charge in [0, 0.05) is 41.1 Å². The molecule has 2 aromatic carbocycles. The molecule has 2 heterocycles. The van der Waals surface area contributed by atoms with Crippen LogP contribution in [0.15, 0.2) is 60.9 Å². The molecule has 0 aliphatic heterocycles. The van der Waals surface area contributed by atoms with E-state index in [1.54, 1.807) is 25.4 Å². The summed E-state index contributed by atoms with van der Waals surface area (Å²) in [5, 5.41) is 14.1. The highest BCUT2D eigenvalue weighted by molar-refractivity contribution is 6.07. The summed E-state index contributed by atoms with van der Waals surface area (Å²) in [7, 11) is 0. The Kier molecular flexibility index (Phi) is 6.63. The zero-order valence-corrected chi connectivity index (χ0v) is 19.5. The first kappa shape index (κ1) is 23.0. The Hall–Kier alpha value is -4.13. The molecule has 174 valence electrons. The summed E-state index contributed by atoms with van der Waals surface area (Å²) in [5.41, 5.74) is 6.34. The van der Waals surface area contributed by atoms with Crippen LogP contribution < -0.4 is 5.32 Å². The monoisotopic (exact) mass is 457 g/mol. The number of ether oxygens (including phenoxy) is 1. The van der Waals surface area contributed by atoms with Crippen LogP contribution in [0.3, 0.4) is 0 Å². The number of pyridine rings is 1. The van der Waals surface area contributed by atoms with Crippen LogP contribution in [0.2, 0.25) is 0 Å². The number of carbonyl (C=O) groups is 2. The van der Waals surface area contributed by atoms with Crippen molar-refractivity contribution in [3.63, 3.8) is 0 Å². The Morgan fingerprint density at radius 3 is 2.68 bits per heavy atom. The third kappa shape index (κ3) is 4.78. The van der Waals surface area contributed by atoms with Crippen LogP contribution in [0.5, 0.6) is 5.75 Å². The molecule has 7 heteroatoms. The molecule has 2 N–H and O–H groups in total. The van der Waals surface area contributed by atoms with Gasteiger partial charge in [0.05, 0.1) is 17.8 Å². The number of aryl methyl sites for hydroxylation is 2. The molecule has 0 aliphatic rings. The van der Waals surface area contributed by atoms with Gasteiger partial charge in [0.25, 0.3) is 0 Å². The topological polar surface area (TPSA) is 93.5 Å². The first-order valence-corrected chi connectivity index (χ1v) is 11.1. The molecule has 4 aromatic rings. The van der Waals surface area contributed by atoms with Gasteiger partial charge < -0.3 is 19.7 Å². The molecule has 7 nitrogen and oxygen atoms in total. The highest BCUT2D eigenvalue weighted by Crippen LogP contribution is 2.33. The minimum absolute atomic E-state index is 0.202. The van der Waals surface area contributed by atoms with Crippen molar-refractivity contribution in [1.82, 2.24) is 9.55 Å². The predicted molar refractivity (Wildman–Crippen MR) is 132 cm³/mol. The van der Waals surface area contributed by atoms with Gasteiger partial charge in [-0.2, -0.15) is 0 Å². The van der Waals surface area contributed by atoms with Crippen LogP contribution in [0.4, 0.5) is 5.69 Å². The molecule has 0 unspecified atom stereocenters. The lowest BCUT2D eigenvalue weighted by atomic mass is 10.0. The number of esters is 1. The molecule has 0 radical (unpaired) electrons. The summed E-state index contributed by atoms with van der Waals surface area (Å²) in [6.07, 6.45) is 3.10. The molecule has 0 saturated carbocycles. The molecular formula is C27H27N3O4. The number of phenols is 1. The third-order valence-electron chi connectivity index (χ3n) is 5.73. The maximum atomic E-state index is 12.4. The van der Waals surface area contributed by atoms with Gasteiger partial charge in [-0.05, 0) is 62.2 Å². The van der Waals surface area contributed by atoms with Crippen LogP contribution in [0.25, 0.3) is 22.0 Å². The number of nitrogens with one attached hydrogen (secondary N) is 1. The molecule has 4 rings (SSSR count). The Labute approximate surface area is 198 Å². The van der Waals surface area contributed by atoms with E-state index in [1.807, 2.05) is 56.3 Å². The standard InChI is InChI=1S/C27H27N3O4/c1-4-34-26(33)14-25(32)29-23-9-7-17(2)27-22(23)12-18(3)30(27)16-19-8-10-24(31)21(13-19)20-6-5-11-28-15-20/h5-13,15,31H,4,14,16H2,1-3H3,(H,29,32). The molecule has 0 bridgehead atoms. The summed E-state index contributed by atoms with van der Waals surface area (Å²) in [5.74, 6) is -0.754. The van der Waals surface area contributed by atoms with E-state index < -0.39 is 11.9 Å². The molecule has 0 atom stereocenters. The zero-order chi connectivity index (χ0) is 24.2. The van der Waals surface area contributed by atoms with Gasteiger partial charge in [0.1, 0.15) is 12.2 Å². The number of amides is 1.